The van der Waals surface area contributed by atoms with Crippen LogP contribution in [0.15, 0.2) is 17.6 Å². The number of piperidine rings is 1. The smallest absolute Gasteiger partial charge is 0.272 e. The van der Waals surface area contributed by atoms with Crippen molar-refractivity contribution in [2.45, 2.75) is 44.7 Å². The minimum absolute atomic E-state index is 0.0256. The van der Waals surface area contributed by atoms with Crippen molar-refractivity contribution in [2.24, 2.45) is 5.92 Å². The van der Waals surface area contributed by atoms with Crippen LogP contribution in [-0.2, 0) is 0 Å². The van der Waals surface area contributed by atoms with Gasteiger partial charge in [0.15, 0.2) is 0 Å². The van der Waals surface area contributed by atoms with Gasteiger partial charge in [-0.1, -0.05) is 0 Å². The van der Waals surface area contributed by atoms with Gasteiger partial charge < -0.3 is 10.6 Å². The van der Waals surface area contributed by atoms with Gasteiger partial charge in [-0.2, -0.15) is 5.10 Å². The number of nitrogens with one attached hydrogen (secondary N) is 2. The summed E-state index contributed by atoms with van der Waals surface area (Å²) in [5.41, 5.74) is 1.52. The SMILES string of the molecule is Cc1csc(C(NC(=O)c2ccn(C3CCCNC3)n2)C2CC2)n1. The molecule has 7 heteroatoms. The molecule has 1 saturated heterocycles. The lowest BCUT2D eigenvalue weighted by Crippen LogP contribution is -2.33. The van der Waals surface area contributed by atoms with Crippen molar-refractivity contribution in [3.8, 4) is 0 Å². The molecule has 0 aromatic carbocycles. The summed E-state index contributed by atoms with van der Waals surface area (Å²) in [6, 6.07) is 2.19. The van der Waals surface area contributed by atoms with Crippen LogP contribution in [0.5, 0.6) is 0 Å². The van der Waals surface area contributed by atoms with Crippen molar-refractivity contribution >= 4 is 17.2 Å². The predicted molar refractivity (Wildman–Crippen MR) is 93.1 cm³/mol. The number of amides is 1. The highest BCUT2D eigenvalue weighted by atomic mass is 32.1. The van der Waals surface area contributed by atoms with E-state index >= 15 is 0 Å². The molecule has 1 amide bonds. The number of nitrogens with zero attached hydrogens (tertiary/aromatic N) is 3. The molecule has 4 rings (SSSR count). The molecule has 3 heterocycles. The Kier molecular flexibility index (Phi) is 4.37. The minimum Gasteiger partial charge on any atom is -0.341 e. The first kappa shape index (κ1) is 15.8. The molecule has 0 radical (unpaired) electrons. The van der Waals surface area contributed by atoms with E-state index in [0.717, 1.165) is 49.5 Å². The molecular weight excluding hydrogens is 322 g/mol. The Morgan fingerprint density at radius 2 is 2.33 bits per heavy atom. The second-order valence-electron chi connectivity index (χ2n) is 6.80. The molecule has 6 nitrogen and oxygen atoms in total. The van der Waals surface area contributed by atoms with Gasteiger partial charge >= 0.3 is 0 Å². The van der Waals surface area contributed by atoms with Crippen LogP contribution >= 0.6 is 11.3 Å². The molecule has 2 aromatic heterocycles. The Bertz CT molecular complexity index is 714. The van der Waals surface area contributed by atoms with Gasteiger partial charge in [-0.15, -0.1) is 11.3 Å². The first-order valence-corrected chi connectivity index (χ1v) is 9.57. The van der Waals surface area contributed by atoms with Gasteiger partial charge in [0.05, 0.1) is 12.1 Å². The zero-order valence-electron chi connectivity index (χ0n) is 13.9. The summed E-state index contributed by atoms with van der Waals surface area (Å²) >= 11 is 1.63. The molecule has 1 saturated carbocycles. The molecule has 2 aliphatic rings. The molecule has 128 valence electrons. The quantitative estimate of drug-likeness (QED) is 0.873. The summed E-state index contributed by atoms with van der Waals surface area (Å²) in [7, 11) is 0. The average Bonchev–Trinajstić information content (AvgIpc) is 3.15. The van der Waals surface area contributed by atoms with Crippen LogP contribution in [0.1, 0.15) is 59.0 Å². The first-order chi connectivity index (χ1) is 11.7. The average molecular weight is 345 g/mol. The van der Waals surface area contributed by atoms with Crippen LogP contribution in [0, 0.1) is 12.8 Å². The van der Waals surface area contributed by atoms with Crippen molar-refractivity contribution < 1.29 is 4.79 Å². The second kappa shape index (κ2) is 6.64. The van der Waals surface area contributed by atoms with E-state index in [0.29, 0.717) is 17.7 Å². The molecule has 0 bridgehead atoms. The Morgan fingerprint density at radius 3 is 3.00 bits per heavy atom. The summed E-state index contributed by atoms with van der Waals surface area (Å²) < 4.78 is 1.93. The van der Waals surface area contributed by atoms with Crippen molar-refractivity contribution in [2.75, 3.05) is 13.1 Å². The van der Waals surface area contributed by atoms with Crippen LogP contribution in [-0.4, -0.2) is 33.8 Å². The molecule has 2 unspecified atom stereocenters. The van der Waals surface area contributed by atoms with Gasteiger partial charge in [0, 0.05) is 23.8 Å². The summed E-state index contributed by atoms with van der Waals surface area (Å²) in [5.74, 6) is 0.423. The van der Waals surface area contributed by atoms with Crippen LogP contribution < -0.4 is 10.6 Å². The fraction of sp³-hybridized carbons (Fsp3) is 0.588. The molecule has 0 spiro atoms. The molecule has 2 N–H and O–H groups in total. The second-order valence-corrected chi connectivity index (χ2v) is 7.69. The van der Waals surface area contributed by atoms with Gasteiger partial charge in [-0.3, -0.25) is 9.48 Å². The van der Waals surface area contributed by atoms with Crippen molar-refractivity contribution in [1.82, 2.24) is 25.4 Å². The highest BCUT2D eigenvalue weighted by molar-refractivity contribution is 7.09. The predicted octanol–water partition coefficient (Wildman–Crippen LogP) is 2.45. The number of rotatable bonds is 5. The third kappa shape index (κ3) is 3.37. The number of carbonyl (C=O) groups is 1. The minimum atomic E-state index is -0.0951. The lowest BCUT2D eigenvalue weighted by molar-refractivity contribution is 0.0925. The van der Waals surface area contributed by atoms with E-state index in [1.165, 1.54) is 0 Å². The summed E-state index contributed by atoms with van der Waals surface area (Å²) in [4.78, 5) is 17.2. The molecule has 2 atom stereocenters. The van der Waals surface area contributed by atoms with E-state index in [9.17, 15) is 4.79 Å². The van der Waals surface area contributed by atoms with E-state index in [1.54, 1.807) is 11.3 Å². The highest BCUT2D eigenvalue weighted by Crippen LogP contribution is 2.41. The van der Waals surface area contributed by atoms with Crippen LogP contribution in [0.25, 0.3) is 0 Å². The fourth-order valence-electron chi connectivity index (χ4n) is 3.26. The van der Waals surface area contributed by atoms with Gasteiger partial charge in [0.25, 0.3) is 5.91 Å². The van der Waals surface area contributed by atoms with E-state index in [-0.39, 0.29) is 11.9 Å². The number of aryl methyl sites for hydroxylation is 1. The highest BCUT2D eigenvalue weighted by Gasteiger charge is 2.35. The van der Waals surface area contributed by atoms with Gasteiger partial charge in [-0.05, 0) is 51.1 Å². The maximum atomic E-state index is 12.6. The number of aromatic nitrogens is 3. The molecular formula is C17H23N5OS. The number of carbonyl (C=O) groups excluding carboxylic acids is 1. The van der Waals surface area contributed by atoms with E-state index in [4.69, 9.17) is 0 Å². The summed E-state index contributed by atoms with van der Waals surface area (Å²) in [6.45, 7) is 3.99. The zero-order valence-corrected chi connectivity index (χ0v) is 14.7. The summed E-state index contributed by atoms with van der Waals surface area (Å²) in [5, 5.41) is 14.1. The maximum Gasteiger partial charge on any atom is 0.272 e. The molecule has 1 aliphatic heterocycles. The van der Waals surface area contributed by atoms with Crippen molar-refractivity contribution in [3.05, 3.63) is 34.0 Å². The van der Waals surface area contributed by atoms with Crippen molar-refractivity contribution in [1.29, 1.82) is 0 Å². The normalized spacial score (nSPS) is 22.3. The van der Waals surface area contributed by atoms with Crippen LogP contribution in [0.4, 0.5) is 0 Å². The number of thiazole rings is 1. The monoisotopic (exact) mass is 345 g/mol. The Morgan fingerprint density at radius 1 is 1.46 bits per heavy atom. The van der Waals surface area contributed by atoms with Crippen LogP contribution in [0.2, 0.25) is 0 Å². The lowest BCUT2D eigenvalue weighted by Gasteiger charge is -2.23. The fourth-order valence-corrected chi connectivity index (χ4v) is 4.20. The third-order valence-corrected chi connectivity index (χ3v) is 5.81. The van der Waals surface area contributed by atoms with Gasteiger partial charge in [0.1, 0.15) is 10.7 Å². The molecule has 1 aliphatic carbocycles. The van der Waals surface area contributed by atoms with Gasteiger partial charge in [0.2, 0.25) is 0 Å². The first-order valence-electron chi connectivity index (χ1n) is 8.69. The Hall–Kier alpha value is -1.73. The Labute approximate surface area is 145 Å². The van der Waals surface area contributed by atoms with Crippen molar-refractivity contribution in [3.63, 3.8) is 0 Å². The molecule has 2 fully saturated rings. The van der Waals surface area contributed by atoms with E-state index in [1.807, 2.05) is 29.2 Å². The van der Waals surface area contributed by atoms with E-state index in [2.05, 4.69) is 20.7 Å². The Balaban J connectivity index is 1.46. The van der Waals surface area contributed by atoms with Crippen LogP contribution in [0.3, 0.4) is 0 Å². The number of hydrogen-bond donors (Lipinski definition) is 2. The largest absolute Gasteiger partial charge is 0.341 e. The number of hydrogen-bond acceptors (Lipinski definition) is 5. The topological polar surface area (TPSA) is 71.8 Å². The maximum absolute atomic E-state index is 12.6. The summed E-state index contributed by atoms with van der Waals surface area (Å²) in [6.07, 6.45) is 6.50. The third-order valence-electron chi connectivity index (χ3n) is 4.77. The standard InChI is InChI=1S/C17H23N5OS/c1-11-10-24-17(19-11)15(12-4-5-12)20-16(23)14-6-8-22(21-14)13-3-2-7-18-9-13/h6,8,10,12-13,15,18H,2-5,7,9H2,1H3,(H,20,23). The zero-order chi connectivity index (χ0) is 16.5. The lowest BCUT2D eigenvalue weighted by atomic mass is 10.1. The molecule has 2 aromatic rings. The molecule has 24 heavy (non-hydrogen) atoms. The van der Waals surface area contributed by atoms with E-state index < -0.39 is 0 Å². The van der Waals surface area contributed by atoms with Gasteiger partial charge in [-0.25, -0.2) is 4.98 Å².